The molecule has 3 N–H and O–H groups in total. The number of hydrogen-bond donors (Lipinski definition) is 2. The molecule has 0 fully saturated rings. The largest absolute Gasteiger partial charge is 0.349 e. The highest BCUT2D eigenvalue weighted by Crippen LogP contribution is 2.08. The van der Waals surface area contributed by atoms with E-state index < -0.39 is 0 Å². The molecule has 0 aliphatic carbocycles. The second-order valence-corrected chi connectivity index (χ2v) is 3.41. The van der Waals surface area contributed by atoms with Crippen molar-refractivity contribution in [1.29, 1.82) is 0 Å². The predicted molar refractivity (Wildman–Crippen MR) is 59.5 cm³/mol. The van der Waals surface area contributed by atoms with Crippen molar-refractivity contribution < 1.29 is 0 Å². The lowest BCUT2D eigenvalue weighted by Gasteiger charge is -2.10. The van der Waals surface area contributed by atoms with Crippen LogP contribution < -0.4 is 11.1 Å². The topological polar surface area (TPSA) is 76.7 Å². The van der Waals surface area contributed by atoms with Crippen molar-refractivity contribution in [3.05, 3.63) is 24.3 Å². The van der Waals surface area contributed by atoms with Gasteiger partial charge in [0.1, 0.15) is 5.52 Å². The first-order valence-electron chi connectivity index (χ1n) is 4.85. The molecular formula is C10H13N5. The summed E-state index contributed by atoms with van der Waals surface area (Å²) < 4.78 is 0. The molecule has 0 spiro atoms. The second kappa shape index (κ2) is 4.18. The number of benzene rings is 1. The van der Waals surface area contributed by atoms with Crippen LogP contribution in [0.1, 0.15) is 6.92 Å². The van der Waals surface area contributed by atoms with Crippen LogP contribution in [-0.4, -0.2) is 27.8 Å². The summed E-state index contributed by atoms with van der Waals surface area (Å²) in [5.41, 5.74) is 7.12. The summed E-state index contributed by atoms with van der Waals surface area (Å²) in [5, 5.41) is 11.1. The number of para-hydroxylation sites is 1. The van der Waals surface area contributed by atoms with Crippen molar-refractivity contribution in [2.45, 2.75) is 13.0 Å². The van der Waals surface area contributed by atoms with Crippen LogP contribution in [0.2, 0.25) is 0 Å². The molecule has 5 nitrogen and oxygen atoms in total. The summed E-state index contributed by atoms with van der Waals surface area (Å²) in [5.74, 6) is 0.520. The fourth-order valence-electron chi connectivity index (χ4n) is 1.22. The van der Waals surface area contributed by atoms with Crippen molar-refractivity contribution in [3.8, 4) is 0 Å². The van der Waals surface area contributed by atoms with E-state index in [0.29, 0.717) is 12.5 Å². The van der Waals surface area contributed by atoms with Crippen molar-refractivity contribution >= 4 is 17.0 Å². The third-order valence-corrected chi connectivity index (χ3v) is 2.09. The molecule has 0 aliphatic heterocycles. The standard InChI is InChI=1S/C10H13N5/c1-7(6-11)12-10-13-8-4-2-3-5-9(8)14-15-10/h2-5,7H,6,11H2,1H3,(H,12,13,15). The number of aromatic nitrogens is 3. The van der Waals surface area contributed by atoms with Gasteiger partial charge in [0.05, 0.1) is 5.52 Å². The van der Waals surface area contributed by atoms with Crippen LogP contribution in [0.3, 0.4) is 0 Å². The number of anilines is 1. The molecule has 0 saturated carbocycles. The Hall–Kier alpha value is -1.75. The molecule has 1 atom stereocenters. The number of fused-ring (bicyclic) bond motifs is 1. The highest BCUT2D eigenvalue weighted by atomic mass is 15.2. The zero-order valence-corrected chi connectivity index (χ0v) is 8.51. The van der Waals surface area contributed by atoms with E-state index in [1.807, 2.05) is 31.2 Å². The van der Waals surface area contributed by atoms with Crippen LogP contribution in [0.4, 0.5) is 5.95 Å². The molecule has 5 heteroatoms. The maximum absolute atomic E-state index is 5.49. The van der Waals surface area contributed by atoms with Crippen molar-refractivity contribution in [3.63, 3.8) is 0 Å². The number of nitrogens with two attached hydrogens (primary N) is 1. The fraction of sp³-hybridized carbons (Fsp3) is 0.300. The predicted octanol–water partition coefficient (Wildman–Crippen LogP) is 0.784. The van der Waals surface area contributed by atoms with E-state index in [0.717, 1.165) is 11.0 Å². The molecule has 0 bridgehead atoms. The minimum absolute atomic E-state index is 0.146. The van der Waals surface area contributed by atoms with Crippen LogP contribution in [0.5, 0.6) is 0 Å². The van der Waals surface area contributed by atoms with E-state index in [1.165, 1.54) is 0 Å². The van der Waals surface area contributed by atoms with Gasteiger partial charge in [-0.1, -0.05) is 12.1 Å². The monoisotopic (exact) mass is 203 g/mol. The van der Waals surface area contributed by atoms with Crippen LogP contribution in [0, 0.1) is 0 Å². The molecule has 0 amide bonds. The number of rotatable bonds is 3. The van der Waals surface area contributed by atoms with E-state index in [4.69, 9.17) is 5.73 Å². The van der Waals surface area contributed by atoms with Crippen molar-refractivity contribution in [1.82, 2.24) is 15.2 Å². The fourth-order valence-corrected chi connectivity index (χ4v) is 1.22. The lowest BCUT2D eigenvalue weighted by Crippen LogP contribution is -2.26. The van der Waals surface area contributed by atoms with Gasteiger partial charge < -0.3 is 11.1 Å². The summed E-state index contributed by atoms with van der Waals surface area (Å²) in [4.78, 5) is 4.32. The van der Waals surface area contributed by atoms with Crippen LogP contribution >= 0.6 is 0 Å². The Kier molecular flexibility index (Phi) is 2.73. The zero-order chi connectivity index (χ0) is 10.7. The molecule has 0 aliphatic rings. The Labute approximate surface area is 87.7 Å². The molecular weight excluding hydrogens is 190 g/mol. The maximum Gasteiger partial charge on any atom is 0.243 e. The quantitative estimate of drug-likeness (QED) is 0.771. The molecule has 2 aromatic rings. The van der Waals surface area contributed by atoms with Crippen LogP contribution in [0.25, 0.3) is 11.0 Å². The zero-order valence-electron chi connectivity index (χ0n) is 8.51. The molecule has 1 aromatic heterocycles. The molecule has 15 heavy (non-hydrogen) atoms. The van der Waals surface area contributed by atoms with Gasteiger partial charge in [-0.25, -0.2) is 4.98 Å². The maximum atomic E-state index is 5.49. The first kappa shape index (κ1) is 9.79. The highest BCUT2D eigenvalue weighted by Gasteiger charge is 2.03. The average molecular weight is 203 g/mol. The smallest absolute Gasteiger partial charge is 0.243 e. The molecule has 78 valence electrons. The second-order valence-electron chi connectivity index (χ2n) is 3.41. The Balaban J connectivity index is 2.30. The summed E-state index contributed by atoms with van der Waals surface area (Å²) in [6, 6.07) is 7.77. The van der Waals surface area contributed by atoms with Crippen LogP contribution in [0.15, 0.2) is 24.3 Å². The molecule has 0 saturated heterocycles. The van der Waals surface area contributed by atoms with Crippen molar-refractivity contribution in [2.75, 3.05) is 11.9 Å². The molecule has 1 unspecified atom stereocenters. The average Bonchev–Trinajstić information content (AvgIpc) is 2.29. The van der Waals surface area contributed by atoms with E-state index in [2.05, 4.69) is 20.5 Å². The SMILES string of the molecule is CC(CN)Nc1nnc2ccccc2n1. The van der Waals surface area contributed by atoms with Gasteiger partial charge in [0, 0.05) is 12.6 Å². The summed E-state index contributed by atoms with van der Waals surface area (Å²) in [6.45, 7) is 2.51. The van der Waals surface area contributed by atoms with Crippen LogP contribution in [-0.2, 0) is 0 Å². The summed E-state index contributed by atoms with van der Waals surface area (Å²) in [7, 11) is 0. The Morgan fingerprint density at radius 3 is 2.73 bits per heavy atom. The van der Waals surface area contributed by atoms with Gasteiger partial charge in [0.25, 0.3) is 0 Å². The van der Waals surface area contributed by atoms with Crippen molar-refractivity contribution in [2.24, 2.45) is 5.73 Å². The Morgan fingerprint density at radius 1 is 1.27 bits per heavy atom. The number of nitrogens with zero attached hydrogens (tertiary/aromatic N) is 3. The molecule has 1 aromatic carbocycles. The first-order chi connectivity index (χ1) is 7.29. The highest BCUT2D eigenvalue weighted by molar-refractivity contribution is 5.74. The molecule has 0 radical (unpaired) electrons. The lowest BCUT2D eigenvalue weighted by atomic mass is 10.3. The van der Waals surface area contributed by atoms with Gasteiger partial charge in [-0.3, -0.25) is 0 Å². The van der Waals surface area contributed by atoms with Gasteiger partial charge in [0.2, 0.25) is 5.95 Å². The summed E-state index contributed by atoms with van der Waals surface area (Å²) in [6.07, 6.45) is 0. The van der Waals surface area contributed by atoms with E-state index >= 15 is 0 Å². The van der Waals surface area contributed by atoms with Gasteiger partial charge in [-0.05, 0) is 19.1 Å². The van der Waals surface area contributed by atoms with E-state index in [9.17, 15) is 0 Å². The minimum Gasteiger partial charge on any atom is -0.349 e. The van der Waals surface area contributed by atoms with E-state index in [-0.39, 0.29) is 6.04 Å². The normalized spacial score (nSPS) is 12.7. The Bertz CT molecular complexity index is 456. The summed E-state index contributed by atoms with van der Waals surface area (Å²) >= 11 is 0. The third-order valence-electron chi connectivity index (χ3n) is 2.09. The van der Waals surface area contributed by atoms with Gasteiger partial charge in [-0.15, -0.1) is 10.2 Å². The Morgan fingerprint density at radius 2 is 2.00 bits per heavy atom. The van der Waals surface area contributed by atoms with Gasteiger partial charge in [0.15, 0.2) is 0 Å². The van der Waals surface area contributed by atoms with E-state index in [1.54, 1.807) is 0 Å². The number of nitrogens with one attached hydrogen (secondary N) is 1. The third kappa shape index (κ3) is 2.19. The van der Waals surface area contributed by atoms with Gasteiger partial charge in [-0.2, -0.15) is 0 Å². The number of hydrogen-bond acceptors (Lipinski definition) is 5. The first-order valence-corrected chi connectivity index (χ1v) is 4.85. The van der Waals surface area contributed by atoms with Gasteiger partial charge >= 0.3 is 0 Å². The molecule has 1 heterocycles. The molecule has 2 rings (SSSR count). The minimum atomic E-state index is 0.146. The lowest BCUT2D eigenvalue weighted by molar-refractivity contribution is 0.785.